The molecule has 0 saturated carbocycles. The zero-order valence-corrected chi connectivity index (χ0v) is 28.3. The van der Waals surface area contributed by atoms with E-state index in [0.29, 0.717) is 67.8 Å². The van der Waals surface area contributed by atoms with E-state index in [1.165, 1.54) is 31.2 Å². The molecule has 1 saturated heterocycles. The first-order valence-corrected chi connectivity index (χ1v) is 16.5. The number of rotatable bonds is 11. The summed E-state index contributed by atoms with van der Waals surface area (Å²) in [6.45, 7) is 8.19. The number of benzene rings is 3. The van der Waals surface area contributed by atoms with Crippen LogP contribution in [0.15, 0.2) is 107 Å². The van der Waals surface area contributed by atoms with Crippen molar-refractivity contribution in [2.24, 2.45) is 4.99 Å². The number of carbonyl (C=O) groups is 2. The van der Waals surface area contributed by atoms with Crippen LogP contribution in [0.4, 0.5) is 8.78 Å². The van der Waals surface area contributed by atoms with Crippen molar-refractivity contribution in [3.8, 4) is 0 Å². The van der Waals surface area contributed by atoms with E-state index in [1.807, 2.05) is 30.3 Å². The lowest BCUT2D eigenvalue weighted by Crippen LogP contribution is -2.52. The van der Waals surface area contributed by atoms with Gasteiger partial charge in [0.05, 0.1) is 37.3 Å². The van der Waals surface area contributed by atoms with Crippen LogP contribution in [-0.4, -0.2) is 80.6 Å². The standard InChI is InChI=1S/C38H43F2N5O4/c1-5-49-38(47)32-25(2)42-36(43-26(3)46)34(33(32)27-9-7-6-8-10-27)37(41-19-24-48-4)45-22-20-44(21-23-45)35(28-11-15-30(39)16-12-28)29-13-17-31(40)18-14-29/h6-18,33,35,42H,5,19-24H2,1-4H3,(H,43,46). The fourth-order valence-electron chi connectivity index (χ4n) is 6.50. The molecule has 258 valence electrons. The maximum Gasteiger partial charge on any atom is 0.336 e. The smallest absolute Gasteiger partial charge is 0.336 e. The van der Waals surface area contributed by atoms with Crippen LogP contribution >= 0.6 is 0 Å². The quantitative estimate of drug-likeness (QED) is 0.124. The van der Waals surface area contributed by atoms with Gasteiger partial charge >= 0.3 is 5.97 Å². The third-order valence-corrected chi connectivity index (χ3v) is 8.64. The Morgan fingerprint density at radius 1 is 0.918 bits per heavy atom. The molecule has 1 unspecified atom stereocenters. The number of hydrogen-bond acceptors (Lipinski definition) is 7. The van der Waals surface area contributed by atoms with Gasteiger partial charge in [0.2, 0.25) is 5.91 Å². The monoisotopic (exact) mass is 671 g/mol. The molecular formula is C38H43F2N5O4. The molecule has 2 aliphatic heterocycles. The number of allylic oxidation sites excluding steroid dienone is 1. The molecule has 2 N–H and O–H groups in total. The van der Waals surface area contributed by atoms with Gasteiger partial charge in [-0.25, -0.2) is 13.6 Å². The van der Waals surface area contributed by atoms with Gasteiger partial charge in [-0.15, -0.1) is 0 Å². The van der Waals surface area contributed by atoms with Crippen molar-refractivity contribution in [1.82, 2.24) is 20.4 Å². The topological polar surface area (TPSA) is 95.5 Å². The summed E-state index contributed by atoms with van der Waals surface area (Å²) in [7, 11) is 1.61. The zero-order valence-electron chi connectivity index (χ0n) is 28.3. The largest absolute Gasteiger partial charge is 0.463 e. The molecule has 11 heteroatoms. The highest BCUT2D eigenvalue weighted by atomic mass is 19.1. The van der Waals surface area contributed by atoms with E-state index >= 15 is 0 Å². The average Bonchev–Trinajstić information content (AvgIpc) is 3.09. The first-order chi connectivity index (χ1) is 23.7. The van der Waals surface area contributed by atoms with Crippen LogP contribution in [0.5, 0.6) is 0 Å². The van der Waals surface area contributed by atoms with Crippen molar-refractivity contribution >= 4 is 17.7 Å². The van der Waals surface area contributed by atoms with E-state index in [2.05, 4.69) is 20.4 Å². The summed E-state index contributed by atoms with van der Waals surface area (Å²) in [5, 5.41) is 6.27. The van der Waals surface area contributed by atoms with Crippen LogP contribution in [0.1, 0.15) is 49.4 Å². The highest BCUT2D eigenvalue weighted by Crippen LogP contribution is 2.40. The predicted molar refractivity (Wildman–Crippen MR) is 184 cm³/mol. The Balaban J connectivity index is 1.56. The van der Waals surface area contributed by atoms with E-state index in [1.54, 1.807) is 45.2 Å². The molecule has 2 aliphatic rings. The zero-order chi connectivity index (χ0) is 34.9. The number of aliphatic imine (C=N–C) groups is 1. The molecule has 0 aliphatic carbocycles. The molecule has 0 spiro atoms. The lowest BCUT2D eigenvalue weighted by Gasteiger charge is -2.43. The number of carbonyl (C=O) groups excluding carboxylic acids is 2. The number of nitrogens with one attached hydrogen (secondary N) is 2. The number of halogens is 2. The molecule has 0 radical (unpaired) electrons. The number of dihydropyridines is 1. The number of piperazine rings is 1. The summed E-state index contributed by atoms with van der Waals surface area (Å²) in [6, 6.07) is 22.2. The van der Waals surface area contributed by atoms with Crippen molar-refractivity contribution in [2.45, 2.75) is 32.7 Å². The molecule has 0 bridgehead atoms. The van der Waals surface area contributed by atoms with E-state index in [4.69, 9.17) is 14.5 Å². The van der Waals surface area contributed by atoms with Gasteiger partial charge in [0.1, 0.15) is 23.3 Å². The first-order valence-electron chi connectivity index (χ1n) is 16.5. The summed E-state index contributed by atoms with van der Waals surface area (Å²) in [6.07, 6.45) is 0. The second-order valence-corrected chi connectivity index (χ2v) is 11.9. The highest BCUT2D eigenvalue weighted by molar-refractivity contribution is 6.05. The van der Waals surface area contributed by atoms with Crippen LogP contribution in [-0.2, 0) is 19.1 Å². The Morgan fingerprint density at radius 2 is 1.51 bits per heavy atom. The summed E-state index contributed by atoms with van der Waals surface area (Å²) in [4.78, 5) is 35.7. The minimum Gasteiger partial charge on any atom is -0.463 e. The lowest BCUT2D eigenvalue weighted by atomic mass is 9.80. The van der Waals surface area contributed by atoms with E-state index in [-0.39, 0.29) is 30.2 Å². The lowest BCUT2D eigenvalue weighted by molar-refractivity contribution is -0.138. The van der Waals surface area contributed by atoms with Crippen LogP contribution in [0.25, 0.3) is 0 Å². The van der Waals surface area contributed by atoms with Gasteiger partial charge < -0.3 is 25.0 Å². The molecule has 1 amide bonds. The molecule has 1 fully saturated rings. The molecular weight excluding hydrogens is 628 g/mol. The second kappa shape index (κ2) is 16.5. The summed E-state index contributed by atoms with van der Waals surface area (Å²) in [5.74, 6) is -0.921. The number of esters is 1. The summed E-state index contributed by atoms with van der Waals surface area (Å²) in [5.41, 5.74) is 4.28. The molecule has 3 aromatic carbocycles. The molecule has 3 aromatic rings. The average molecular weight is 672 g/mol. The Kier molecular flexibility index (Phi) is 11.9. The van der Waals surface area contributed by atoms with Gasteiger partial charge in [-0.05, 0) is 54.8 Å². The van der Waals surface area contributed by atoms with Gasteiger partial charge in [0.15, 0.2) is 0 Å². The number of methoxy groups -OCH3 is 1. The predicted octanol–water partition coefficient (Wildman–Crippen LogP) is 5.29. The van der Waals surface area contributed by atoms with Crippen LogP contribution in [0.3, 0.4) is 0 Å². The van der Waals surface area contributed by atoms with Gasteiger partial charge in [-0.1, -0.05) is 54.6 Å². The molecule has 1 atom stereocenters. The Morgan fingerprint density at radius 3 is 2.04 bits per heavy atom. The fourth-order valence-corrected chi connectivity index (χ4v) is 6.50. The number of hydrogen-bond donors (Lipinski definition) is 2. The summed E-state index contributed by atoms with van der Waals surface area (Å²) >= 11 is 0. The fraction of sp³-hybridized carbons (Fsp3) is 0.342. The number of amides is 1. The van der Waals surface area contributed by atoms with E-state index in [9.17, 15) is 18.4 Å². The Hall–Kier alpha value is -4.87. The van der Waals surface area contributed by atoms with E-state index < -0.39 is 11.9 Å². The van der Waals surface area contributed by atoms with Crippen molar-refractivity contribution in [3.63, 3.8) is 0 Å². The van der Waals surface area contributed by atoms with Crippen molar-refractivity contribution in [2.75, 3.05) is 53.0 Å². The Bertz CT molecular complexity index is 1650. The molecule has 0 aromatic heterocycles. The van der Waals surface area contributed by atoms with E-state index in [0.717, 1.165) is 16.7 Å². The van der Waals surface area contributed by atoms with Crippen molar-refractivity contribution < 1.29 is 27.8 Å². The van der Waals surface area contributed by atoms with Crippen LogP contribution < -0.4 is 10.6 Å². The third kappa shape index (κ3) is 8.41. The van der Waals surface area contributed by atoms with Crippen molar-refractivity contribution in [3.05, 3.63) is 130 Å². The number of ether oxygens (including phenoxy) is 2. The van der Waals surface area contributed by atoms with Crippen molar-refractivity contribution in [1.29, 1.82) is 0 Å². The second-order valence-electron chi connectivity index (χ2n) is 11.9. The Labute approximate surface area is 286 Å². The van der Waals surface area contributed by atoms with Gasteiger partial charge in [-0.2, -0.15) is 0 Å². The van der Waals surface area contributed by atoms with Gasteiger partial charge in [0, 0.05) is 51.5 Å². The maximum absolute atomic E-state index is 13.9. The number of amidine groups is 1. The minimum atomic E-state index is -0.603. The molecule has 49 heavy (non-hydrogen) atoms. The number of nitrogens with zero attached hydrogens (tertiary/aromatic N) is 3. The SMILES string of the molecule is CCOC(=O)C1=C(C)NC(NC(C)=O)=C(C(=NCCOC)N2CCN(C(c3ccc(F)cc3)c3ccc(F)cc3)CC2)C1c1ccccc1. The van der Waals surface area contributed by atoms with Crippen LogP contribution in [0.2, 0.25) is 0 Å². The highest BCUT2D eigenvalue weighted by Gasteiger charge is 2.40. The molecule has 9 nitrogen and oxygen atoms in total. The minimum absolute atomic E-state index is 0.203. The van der Waals surface area contributed by atoms with Gasteiger partial charge in [-0.3, -0.25) is 14.7 Å². The maximum atomic E-state index is 13.9. The van der Waals surface area contributed by atoms with Gasteiger partial charge in [0.25, 0.3) is 0 Å². The summed E-state index contributed by atoms with van der Waals surface area (Å²) < 4.78 is 38.8. The molecule has 2 heterocycles. The first kappa shape index (κ1) is 35.4. The van der Waals surface area contributed by atoms with Crippen LogP contribution in [0, 0.1) is 11.6 Å². The normalized spacial score (nSPS) is 17.3. The third-order valence-electron chi connectivity index (χ3n) is 8.64. The molecule has 5 rings (SSSR count).